The molecule has 0 atom stereocenters. The van der Waals surface area contributed by atoms with Gasteiger partial charge in [-0.2, -0.15) is 0 Å². The molecule has 130 valence electrons. The van der Waals surface area contributed by atoms with E-state index in [2.05, 4.69) is 10.6 Å². The third-order valence-electron chi connectivity index (χ3n) is 3.10. The average Bonchev–Trinajstić information content (AvgIpc) is 2.55. The van der Waals surface area contributed by atoms with Gasteiger partial charge < -0.3 is 10.1 Å². The van der Waals surface area contributed by atoms with E-state index in [0.717, 1.165) is 6.29 Å². The van der Waals surface area contributed by atoms with E-state index in [1.165, 1.54) is 0 Å². The zero-order valence-corrected chi connectivity index (χ0v) is 14.3. The number of benzene rings is 2. The molecule has 2 N–H and O–H groups in total. The van der Waals surface area contributed by atoms with Gasteiger partial charge >= 0.3 is 6.09 Å². The summed E-state index contributed by atoms with van der Waals surface area (Å²) >= 11 is 0. The predicted molar refractivity (Wildman–Crippen MR) is 96.1 cm³/mol. The topological polar surface area (TPSA) is 84.5 Å². The molecule has 0 aliphatic heterocycles. The molecule has 2 aromatic rings. The maximum atomic E-state index is 12.1. The lowest BCUT2D eigenvalue weighted by atomic mass is 10.1. The van der Waals surface area contributed by atoms with Gasteiger partial charge in [-0.3, -0.25) is 14.9 Å². The van der Waals surface area contributed by atoms with Gasteiger partial charge in [0.25, 0.3) is 5.91 Å². The van der Waals surface area contributed by atoms with Crippen LogP contribution in [-0.4, -0.2) is 23.9 Å². The second kappa shape index (κ2) is 7.61. The van der Waals surface area contributed by atoms with E-state index < -0.39 is 11.7 Å². The maximum absolute atomic E-state index is 12.1. The molecule has 2 rings (SSSR count). The van der Waals surface area contributed by atoms with Crippen molar-refractivity contribution in [3.05, 3.63) is 59.7 Å². The summed E-state index contributed by atoms with van der Waals surface area (Å²) in [5.74, 6) is -0.287. The van der Waals surface area contributed by atoms with E-state index in [1.54, 1.807) is 69.3 Å². The van der Waals surface area contributed by atoms with Crippen molar-refractivity contribution >= 4 is 29.7 Å². The SMILES string of the molecule is CC(C)(C)OC(=O)Nc1ccc(NC(=O)c2ccc(C=O)cc2)cc1. The van der Waals surface area contributed by atoms with Gasteiger partial charge in [-0.05, 0) is 57.2 Å². The van der Waals surface area contributed by atoms with Crippen LogP contribution in [0.2, 0.25) is 0 Å². The van der Waals surface area contributed by atoms with Gasteiger partial charge in [-0.1, -0.05) is 12.1 Å². The number of amides is 2. The first-order chi connectivity index (χ1) is 11.8. The molecule has 0 aliphatic rings. The summed E-state index contributed by atoms with van der Waals surface area (Å²) in [6.07, 6.45) is 0.178. The van der Waals surface area contributed by atoms with E-state index in [9.17, 15) is 14.4 Å². The van der Waals surface area contributed by atoms with Crippen molar-refractivity contribution < 1.29 is 19.1 Å². The Balaban J connectivity index is 1.96. The summed E-state index contributed by atoms with van der Waals surface area (Å²) in [5, 5.41) is 5.36. The van der Waals surface area contributed by atoms with Crippen LogP contribution in [0.4, 0.5) is 16.2 Å². The molecule has 25 heavy (non-hydrogen) atoms. The van der Waals surface area contributed by atoms with Gasteiger partial charge in [0.2, 0.25) is 0 Å². The molecule has 0 fully saturated rings. The lowest BCUT2D eigenvalue weighted by Crippen LogP contribution is -2.27. The van der Waals surface area contributed by atoms with Crippen molar-refractivity contribution in [3.63, 3.8) is 0 Å². The van der Waals surface area contributed by atoms with E-state index in [0.29, 0.717) is 22.5 Å². The normalized spacial score (nSPS) is 10.7. The first kappa shape index (κ1) is 18.2. The Morgan fingerprint density at radius 3 is 1.88 bits per heavy atom. The Morgan fingerprint density at radius 1 is 0.880 bits per heavy atom. The fourth-order valence-corrected chi connectivity index (χ4v) is 1.97. The van der Waals surface area contributed by atoms with Crippen LogP contribution < -0.4 is 10.6 Å². The van der Waals surface area contributed by atoms with Crippen molar-refractivity contribution in [2.45, 2.75) is 26.4 Å². The van der Waals surface area contributed by atoms with Gasteiger partial charge in [0.15, 0.2) is 0 Å². The summed E-state index contributed by atoms with van der Waals surface area (Å²) in [4.78, 5) is 34.5. The van der Waals surface area contributed by atoms with Crippen LogP contribution in [0.1, 0.15) is 41.5 Å². The fourth-order valence-electron chi connectivity index (χ4n) is 1.97. The van der Waals surface area contributed by atoms with Crippen molar-refractivity contribution in [1.29, 1.82) is 0 Å². The largest absolute Gasteiger partial charge is 0.444 e. The quantitative estimate of drug-likeness (QED) is 0.821. The highest BCUT2D eigenvalue weighted by Gasteiger charge is 2.16. The number of carbonyl (C=O) groups is 3. The van der Waals surface area contributed by atoms with Crippen LogP contribution >= 0.6 is 0 Å². The zero-order chi connectivity index (χ0) is 18.4. The first-order valence-corrected chi connectivity index (χ1v) is 7.73. The summed E-state index contributed by atoms with van der Waals surface area (Å²) in [6.45, 7) is 5.35. The minimum atomic E-state index is -0.572. The fraction of sp³-hybridized carbons (Fsp3) is 0.211. The lowest BCUT2D eigenvalue weighted by molar-refractivity contribution is 0.0635. The molecular weight excluding hydrogens is 320 g/mol. The Kier molecular flexibility index (Phi) is 5.54. The highest BCUT2D eigenvalue weighted by molar-refractivity contribution is 6.04. The molecule has 2 aromatic carbocycles. The second-order valence-corrected chi connectivity index (χ2v) is 6.40. The molecule has 0 aromatic heterocycles. The van der Waals surface area contributed by atoms with Crippen LogP contribution in [0.3, 0.4) is 0 Å². The zero-order valence-electron chi connectivity index (χ0n) is 14.3. The number of hydrogen-bond donors (Lipinski definition) is 2. The monoisotopic (exact) mass is 340 g/mol. The molecule has 0 radical (unpaired) electrons. The number of ether oxygens (including phenoxy) is 1. The number of rotatable bonds is 4. The van der Waals surface area contributed by atoms with Crippen LogP contribution in [-0.2, 0) is 4.74 Å². The van der Waals surface area contributed by atoms with Crippen LogP contribution in [0.25, 0.3) is 0 Å². The third-order valence-corrected chi connectivity index (χ3v) is 3.10. The Morgan fingerprint density at radius 2 is 1.40 bits per heavy atom. The highest BCUT2D eigenvalue weighted by atomic mass is 16.6. The standard InChI is InChI=1S/C19H20N2O4/c1-19(2,3)25-18(24)21-16-10-8-15(9-11-16)20-17(23)14-6-4-13(12-22)5-7-14/h4-12H,1-3H3,(H,20,23)(H,21,24). The highest BCUT2D eigenvalue weighted by Crippen LogP contribution is 2.16. The Labute approximate surface area is 146 Å². The molecule has 2 amide bonds. The molecule has 0 aliphatic carbocycles. The third kappa shape index (κ3) is 5.76. The van der Waals surface area contributed by atoms with Crippen LogP contribution in [0.5, 0.6) is 0 Å². The molecule has 6 nitrogen and oxygen atoms in total. The molecule has 6 heteroatoms. The molecule has 0 unspecified atom stereocenters. The Bertz CT molecular complexity index is 760. The van der Waals surface area contributed by atoms with E-state index in [4.69, 9.17) is 4.74 Å². The molecule has 0 bridgehead atoms. The van der Waals surface area contributed by atoms with Crippen molar-refractivity contribution in [3.8, 4) is 0 Å². The molecule has 0 saturated carbocycles. The summed E-state index contributed by atoms with van der Waals surface area (Å²) in [7, 11) is 0. The Hall–Kier alpha value is -3.15. The minimum Gasteiger partial charge on any atom is -0.444 e. The van der Waals surface area contributed by atoms with Gasteiger partial charge in [-0.15, -0.1) is 0 Å². The smallest absolute Gasteiger partial charge is 0.412 e. The molecular formula is C19H20N2O4. The number of nitrogens with one attached hydrogen (secondary N) is 2. The van der Waals surface area contributed by atoms with Gasteiger partial charge in [0.1, 0.15) is 11.9 Å². The number of carbonyl (C=O) groups excluding carboxylic acids is 3. The number of anilines is 2. The number of aldehydes is 1. The van der Waals surface area contributed by atoms with E-state index in [1.807, 2.05) is 0 Å². The van der Waals surface area contributed by atoms with E-state index >= 15 is 0 Å². The van der Waals surface area contributed by atoms with Crippen LogP contribution in [0.15, 0.2) is 48.5 Å². The van der Waals surface area contributed by atoms with Gasteiger partial charge in [-0.25, -0.2) is 4.79 Å². The summed E-state index contributed by atoms with van der Waals surface area (Å²) in [6, 6.07) is 13.0. The molecule has 0 spiro atoms. The van der Waals surface area contributed by atoms with Crippen molar-refractivity contribution in [2.24, 2.45) is 0 Å². The van der Waals surface area contributed by atoms with Crippen molar-refractivity contribution in [1.82, 2.24) is 0 Å². The summed E-state index contributed by atoms with van der Waals surface area (Å²) in [5.41, 5.74) is 1.52. The maximum Gasteiger partial charge on any atom is 0.412 e. The van der Waals surface area contributed by atoms with E-state index in [-0.39, 0.29) is 5.91 Å². The first-order valence-electron chi connectivity index (χ1n) is 7.73. The lowest BCUT2D eigenvalue weighted by Gasteiger charge is -2.19. The van der Waals surface area contributed by atoms with Crippen molar-refractivity contribution in [2.75, 3.05) is 10.6 Å². The predicted octanol–water partition coefficient (Wildman–Crippen LogP) is 4.10. The summed E-state index contributed by atoms with van der Waals surface area (Å²) < 4.78 is 5.17. The molecule has 0 saturated heterocycles. The van der Waals surface area contributed by atoms with Gasteiger partial charge in [0.05, 0.1) is 0 Å². The second-order valence-electron chi connectivity index (χ2n) is 6.40. The average molecular weight is 340 g/mol. The molecule has 0 heterocycles. The van der Waals surface area contributed by atoms with Gasteiger partial charge in [0, 0.05) is 22.5 Å². The number of hydrogen-bond acceptors (Lipinski definition) is 4. The minimum absolute atomic E-state index is 0.287. The van der Waals surface area contributed by atoms with Crippen LogP contribution in [0, 0.1) is 0 Å².